The molecule has 0 heterocycles. The van der Waals surface area contributed by atoms with Gasteiger partial charge in [0.2, 0.25) is 0 Å². The topological polar surface area (TPSA) is 0 Å². The zero-order valence-electron chi connectivity index (χ0n) is 4.89. The van der Waals surface area contributed by atoms with Gasteiger partial charge < -0.3 is 0 Å². The predicted molar refractivity (Wildman–Crippen MR) is 55.9 cm³/mol. The fourth-order valence-electron chi connectivity index (χ4n) is 0.581. The van der Waals surface area contributed by atoms with Crippen LogP contribution < -0.4 is 5.30 Å². The van der Waals surface area contributed by atoms with Crippen LogP contribution in [0.5, 0.6) is 0 Å². The van der Waals surface area contributed by atoms with E-state index < -0.39 is 0 Å². The summed E-state index contributed by atoms with van der Waals surface area (Å²) in [5.74, 6) is 0. The van der Waals surface area contributed by atoms with Crippen molar-refractivity contribution in [1.29, 1.82) is 0 Å². The maximum absolute atomic E-state index is 5.76. The van der Waals surface area contributed by atoms with Crippen LogP contribution >= 0.6 is 47.9 Å². The molecule has 0 amide bonds. The Morgan fingerprint density at radius 1 is 1.30 bits per heavy atom. The quantitative estimate of drug-likeness (QED) is 0.686. The molecule has 0 aliphatic carbocycles. The number of hydrogen-bond donors (Lipinski definition) is 0. The number of benzene rings is 1. The van der Waals surface area contributed by atoms with Gasteiger partial charge in [-0.1, -0.05) is 23.7 Å². The lowest BCUT2D eigenvalue weighted by molar-refractivity contribution is 1.77. The van der Waals surface area contributed by atoms with Crippen LogP contribution in [-0.4, -0.2) is 0 Å². The second kappa shape index (κ2) is 4.06. The summed E-state index contributed by atoms with van der Waals surface area (Å²) in [6.07, 6.45) is 0. The van der Waals surface area contributed by atoms with E-state index in [2.05, 4.69) is 31.0 Å². The molecular formula is C6H4Br2ClP. The smallest absolute Gasteiger partial charge is 0.0655 e. The van der Waals surface area contributed by atoms with E-state index in [9.17, 15) is 0 Å². The molecule has 4 heteroatoms. The first-order chi connectivity index (χ1) is 4.70. The Bertz CT molecular complexity index is 227. The van der Waals surface area contributed by atoms with E-state index in [0.717, 1.165) is 5.02 Å². The first-order valence-corrected chi connectivity index (χ1v) is 8.33. The predicted octanol–water partition coefficient (Wildman–Crippen LogP) is 4.07. The van der Waals surface area contributed by atoms with Crippen LogP contribution in [0.3, 0.4) is 0 Å². The molecule has 0 aliphatic rings. The van der Waals surface area contributed by atoms with Crippen LogP contribution in [0.2, 0.25) is 5.02 Å². The van der Waals surface area contributed by atoms with E-state index in [1.54, 1.807) is 0 Å². The minimum atomic E-state index is -0.371. The molecule has 0 fully saturated rings. The lowest BCUT2D eigenvalue weighted by Crippen LogP contribution is -1.90. The number of hydrogen-bond acceptors (Lipinski definition) is 0. The molecule has 0 atom stereocenters. The fraction of sp³-hybridized carbons (Fsp3) is 0. The molecule has 0 unspecified atom stereocenters. The Balaban J connectivity index is 2.96. The molecule has 0 radical (unpaired) electrons. The SMILES string of the molecule is Clc1cccc(P(Br)Br)c1. The molecule has 0 spiro atoms. The van der Waals surface area contributed by atoms with E-state index in [0.29, 0.717) is 0 Å². The Kier molecular flexibility index (Phi) is 3.65. The molecule has 0 nitrogen and oxygen atoms in total. The molecule has 10 heavy (non-hydrogen) atoms. The van der Waals surface area contributed by atoms with Gasteiger partial charge >= 0.3 is 0 Å². The van der Waals surface area contributed by atoms with Gasteiger partial charge in [-0.25, -0.2) is 0 Å². The molecule has 1 aromatic rings. The van der Waals surface area contributed by atoms with Gasteiger partial charge in [0.15, 0.2) is 0 Å². The Morgan fingerprint density at radius 3 is 2.40 bits per heavy atom. The summed E-state index contributed by atoms with van der Waals surface area (Å²) in [5, 5.41) is 1.61. The van der Waals surface area contributed by atoms with Crippen molar-refractivity contribution >= 4 is 53.2 Å². The maximum Gasteiger partial charge on any atom is 0.0655 e. The van der Waals surface area contributed by atoms with Crippen LogP contribution in [0, 0.1) is 0 Å². The van der Waals surface area contributed by atoms with Gasteiger partial charge in [-0.2, -0.15) is 0 Å². The van der Waals surface area contributed by atoms with Crippen LogP contribution in [-0.2, 0) is 0 Å². The summed E-state index contributed by atoms with van der Waals surface area (Å²) in [4.78, 5) is 0. The molecule has 0 aliphatic heterocycles. The summed E-state index contributed by atoms with van der Waals surface area (Å²) in [6.45, 7) is 0. The van der Waals surface area contributed by atoms with Gasteiger partial charge in [0.05, 0.1) is 5.33 Å². The van der Waals surface area contributed by atoms with E-state index in [1.807, 2.05) is 24.3 Å². The Labute approximate surface area is 82.2 Å². The van der Waals surface area contributed by atoms with Crippen molar-refractivity contribution in [3.63, 3.8) is 0 Å². The summed E-state index contributed by atoms with van der Waals surface area (Å²) < 4.78 is 0. The molecule has 1 rings (SSSR count). The van der Waals surface area contributed by atoms with E-state index in [1.165, 1.54) is 5.30 Å². The van der Waals surface area contributed by atoms with Gasteiger partial charge in [0.1, 0.15) is 0 Å². The van der Waals surface area contributed by atoms with E-state index in [4.69, 9.17) is 11.6 Å². The summed E-state index contributed by atoms with van der Waals surface area (Å²) in [5.41, 5.74) is 0. The van der Waals surface area contributed by atoms with Crippen molar-refractivity contribution in [2.45, 2.75) is 0 Å². The number of halogens is 3. The van der Waals surface area contributed by atoms with Crippen molar-refractivity contribution in [3.8, 4) is 0 Å². The highest BCUT2D eigenvalue weighted by Gasteiger charge is 2.00. The standard InChI is InChI=1S/C6H4Br2ClP/c7-10(8)6-3-1-2-5(9)4-6/h1-4H. The zero-order chi connectivity index (χ0) is 7.56. The van der Waals surface area contributed by atoms with Gasteiger partial charge in [0, 0.05) is 5.02 Å². The van der Waals surface area contributed by atoms with Crippen molar-refractivity contribution in [2.75, 3.05) is 0 Å². The zero-order valence-corrected chi connectivity index (χ0v) is 9.71. The van der Waals surface area contributed by atoms with E-state index >= 15 is 0 Å². The third-order valence-electron chi connectivity index (χ3n) is 1.00. The third kappa shape index (κ3) is 2.50. The minimum absolute atomic E-state index is 0.371. The molecular weight excluding hydrogens is 298 g/mol. The average molecular weight is 302 g/mol. The average Bonchev–Trinajstić information content (AvgIpc) is 1.88. The van der Waals surface area contributed by atoms with Gasteiger partial charge in [0.25, 0.3) is 0 Å². The molecule has 0 saturated carbocycles. The highest BCUT2D eigenvalue weighted by molar-refractivity contribution is 9.70. The van der Waals surface area contributed by atoms with Gasteiger partial charge in [-0.3, -0.25) is 0 Å². The van der Waals surface area contributed by atoms with Crippen molar-refractivity contribution in [2.24, 2.45) is 0 Å². The molecule has 1 aromatic carbocycles. The van der Waals surface area contributed by atoms with Gasteiger partial charge in [-0.05, 0) is 48.4 Å². The Hall–Kier alpha value is 0.900. The summed E-state index contributed by atoms with van der Waals surface area (Å²) in [7, 11) is 0. The first-order valence-electron chi connectivity index (χ1n) is 2.57. The summed E-state index contributed by atoms with van der Waals surface area (Å²) >= 11 is 12.6. The Morgan fingerprint density at radius 2 is 2.00 bits per heavy atom. The van der Waals surface area contributed by atoms with Gasteiger partial charge in [-0.15, -0.1) is 0 Å². The molecule has 0 bridgehead atoms. The van der Waals surface area contributed by atoms with Crippen molar-refractivity contribution in [3.05, 3.63) is 29.3 Å². The van der Waals surface area contributed by atoms with Crippen LogP contribution in [0.4, 0.5) is 0 Å². The number of rotatable bonds is 1. The highest BCUT2D eigenvalue weighted by atomic mass is 79.9. The second-order valence-electron chi connectivity index (χ2n) is 1.71. The lowest BCUT2D eigenvalue weighted by Gasteiger charge is -1.99. The molecule has 0 aromatic heterocycles. The van der Waals surface area contributed by atoms with E-state index in [-0.39, 0.29) is 5.33 Å². The summed E-state index contributed by atoms with van der Waals surface area (Å²) in [6, 6.07) is 7.78. The minimum Gasteiger partial charge on any atom is -0.0843 e. The largest absolute Gasteiger partial charge is 0.0843 e. The van der Waals surface area contributed by atoms with Crippen LogP contribution in [0.1, 0.15) is 0 Å². The van der Waals surface area contributed by atoms with Crippen LogP contribution in [0.15, 0.2) is 24.3 Å². The molecule has 54 valence electrons. The molecule has 0 N–H and O–H groups in total. The lowest BCUT2D eigenvalue weighted by atomic mass is 10.4. The van der Waals surface area contributed by atoms with Crippen LogP contribution in [0.25, 0.3) is 0 Å². The van der Waals surface area contributed by atoms with Crippen molar-refractivity contribution < 1.29 is 0 Å². The third-order valence-corrected chi connectivity index (χ3v) is 4.36. The highest BCUT2D eigenvalue weighted by Crippen LogP contribution is 2.50. The normalized spacial score (nSPS) is 10.4. The monoisotopic (exact) mass is 300 g/mol. The molecule has 0 saturated heterocycles. The maximum atomic E-state index is 5.76. The fourth-order valence-corrected chi connectivity index (χ4v) is 2.61. The van der Waals surface area contributed by atoms with Crippen molar-refractivity contribution in [1.82, 2.24) is 0 Å². The first kappa shape index (κ1) is 8.99. The second-order valence-corrected chi connectivity index (χ2v) is 10.2.